The summed E-state index contributed by atoms with van der Waals surface area (Å²) in [7, 11) is 0. The molecule has 1 aromatic rings. The Morgan fingerprint density at radius 1 is 1.08 bits per heavy atom. The van der Waals surface area contributed by atoms with Gasteiger partial charge in [0.05, 0.1) is 0 Å². The first-order chi connectivity index (χ1) is 11.8. The summed E-state index contributed by atoms with van der Waals surface area (Å²) in [6.45, 7) is -0.228. The molecule has 2 N–H and O–H groups in total. The molecule has 2 amide bonds. The second-order valence-electron chi connectivity index (χ2n) is 6.12. The smallest absolute Gasteiger partial charge is 0.344 e. The molecule has 0 unspecified atom stereocenters. The molecule has 4 nitrogen and oxygen atoms in total. The molecule has 0 spiro atoms. The van der Waals surface area contributed by atoms with Gasteiger partial charge in [0.2, 0.25) is 5.91 Å². The molecule has 0 atom stereocenters. The average Bonchev–Trinajstić information content (AvgIpc) is 2.59. The predicted octanol–water partition coefficient (Wildman–Crippen LogP) is 3.94. The van der Waals surface area contributed by atoms with Crippen molar-refractivity contribution in [3.63, 3.8) is 0 Å². The Bertz CT molecular complexity index is 618. The van der Waals surface area contributed by atoms with E-state index in [1.54, 1.807) is 29.6 Å². The van der Waals surface area contributed by atoms with Crippen molar-refractivity contribution < 1.29 is 22.8 Å². The summed E-state index contributed by atoms with van der Waals surface area (Å²) in [6, 6.07) is 6.27. The van der Waals surface area contributed by atoms with Gasteiger partial charge in [0.15, 0.2) is 0 Å². The van der Waals surface area contributed by atoms with Crippen LogP contribution in [0.25, 0.3) is 0 Å². The van der Waals surface area contributed by atoms with Crippen LogP contribution in [0.15, 0.2) is 36.4 Å². The van der Waals surface area contributed by atoms with Gasteiger partial charge in [-0.2, -0.15) is 13.2 Å². The van der Waals surface area contributed by atoms with E-state index in [4.69, 9.17) is 0 Å². The van der Waals surface area contributed by atoms with Gasteiger partial charge in [-0.3, -0.25) is 9.59 Å². The van der Waals surface area contributed by atoms with Crippen LogP contribution in [0, 0.1) is 5.92 Å². The maximum atomic E-state index is 12.1. The number of alkyl halides is 3. The van der Waals surface area contributed by atoms with Gasteiger partial charge in [-0.05, 0) is 42.5 Å². The van der Waals surface area contributed by atoms with Crippen molar-refractivity contribution in [1.82, 2.24) is 5.32 Å². The lowest BCUT2D eigenvalue weighted by atomic mass is 9.89. The zero-order valence-corrected chi connectivity index (χ0v) is 13.7. The number of nitrogens with one attached hydrogen (secondary N) is 2. The largest absolute Gasteiger partial charge is 0.471 e. The summed E-state index contributed by atoms with van der Waals surface area (Å²) in [5.74, 6) is -1.75. The molecule has 0 aromatic heterocycles. The average molecular weight is 354 g/mol. The van der Waals surface area contributed by atoms with Gasteiger partial charge < -0.3 is 10.6 Å². The molecule has 1 aliphatic rings. The second-order valence-corrected chi connectivity index (χ2v) is 6.12. The molecule has 2 rings (SSSR count). The molecule has 0 saturated heterocycles. The third kappa shape index (κ3) is 6.60. The maximum absolute atomic E-state index is 12.1. The molecule has 25 heavy (non-hydrogen) atoms. The van der Waals surface area contributed by atoms with E-state index >= 15 is 0 Å². The molecular weight excluding hydrogens is 333 g/mol. The Labute approximate surface area is 144 Å². The number of halogens is 3. The Morgan fingerprint density at radius 2 is 1.72 bits per heavy atom. The highest BCUT2D eigenvalue weighted by atomic mass is 19.4. The summed E-state index contributed by atoms with van der Waals surface area (Å²) < 4.78 is 36.3. The quantitative estimate of drug-likeness (QED) is 0.787. The number of hydrogen-bond donors (Lipinski definition) is 2. The minimum absolute atomic E-state index is 0.228. The Morgan fingerprint density at radius 3 is 2.32 bits per heavy atom. The van der Waals surface area contributed by atoms with Crippen molar-refractivity contribution in [3.05, 3.63) is 42.0 Å². The van der Waals surface area contributed by atoms with Gasteiger partial charge in [0.1, 0.15) is 0 Å². The van der Waals surface area contributed by atoms with Crippen molar-refractivity contribution in [3.8, 4) is 0 Å². The summed E-state index contributed by atoms with van der Waals surface area (Å²) >= 11 is 0. The normalized spacial score (nSPS) is 16.0. The number of anilines is 1. The van der Waals surface area contributed by atoms with Gasteiger partial charge in [0, 0.05) is 12.2 Å². The predicted molar refractivity (Wildman–Crippen MR) is 88.7 cm³/mol. The van der Waals surface area contributed by atoms with Crippen LogP contribution in [0.5, 0.6) is 0 Å². The monoisotopic (exact) mass is 354 g/mol. The van der Waals surface area contributed by atoms with Crippen molar-refractivity contribution >= 4 is 17.5 Å². The van der Waals surface area contributed by atoms with Gasteiger partial charge in [0.25, 0.3) is 0 Å². The number of rotatable bonds is 5. The van der Waals surface area contributed by atoms with E-state index in [0.717, 1.165) is 12.8 Å². The lowest BCUT2D eigenvalue weighted by Crippen LogP contribution is -2.36. The van der Waals surface area contributed by atoms with E-state index in [2.05, 4.69) is 5.32 Å². The van der Waals surface area contributed by atoms with Gasteiger partial charge >= 0.3 is 12.1 Å². The number of carbonyl (C=O) groups excluding carboxylic acids is 2. The van der Waals surface area contributed by atoms with Crippen LogP contribution in [0.2, 0.25) is 0 Å². The lowest BCUT2D eigenvalue weighted by molar-refractivity contribution is -0.173. The van der Waals surface area contributed by atoms with Crippen LogP contribution in [0.1, 0.15) is 37.7 Å². The molecule has 0 radical (unpaired) electrons. The molecule has 1 aromatic carbocycles. The second kappa shape index (κ2) is 8.69. The highest BCUT2D eigenvalue weighted by molar-refractivity contribution is 5.99. The summed E-state index contributed by atoms with van der Waals surface area (Å²) in [5.41, 5.74) is 1.05. The molecule has 0 bridgehead atoms. The molecule has 7 heteroatoms. The topological polar surface area (TPSA) is 58.2 Å². The SMILES string of the molecule is O=C(/C=C/C1CCCCC1)Nc1ccc(CNC(=O)C(F)(F)F)cc1. The number of carbonyl (C=O) groups is 2. The van der Waals surface area contributed by atoms with Crippen LogP contribution in [-0.4, -0.2) is 18.0 Å². The van der Waals surface area contributed by atoms with Crippen LogP contribution in [0.3, 0.4) is 0 Å². The molecule has 0 aliphatic heterocycles. The number of amides is 2. The van der Waals surface area contributed by atoms with E-state index in [9.17, 15) is 22.8 Å². The molecule has 0 heterocycles. The minimum atomic E-state index is -4.89. The molecular formula is C18H21F3N2O2. The fraction of sp³-hybridized carbons (Fsp3) is 0.444. The van der Waals surface area contributed by atoms with Gasteiger partial charge in [-0.15, -0.1) is 0 Å². The van der Waals surface area contributed by atoms with E-state index in [1.165, 1.54) is 25.3 Å². The highest BCUT2D eigenvalue weighted by Crippen LogP contribution is 2.24. The van der Waals surface area contributed by atoms with E-state index in [0.29, 0.717) is 17.2 Å². The zero-order chi connectivity index (χ0) is 18.3. The zero-order valence-electron chi connectivity index (χ0n) is 13.7. The molecule has 1 saturated carbocycles. The molecule has 1 aliphatic carbocycles. The molecule has 1 fully saturated rings. The van der Waals surface area contributed by atoms with Crippen LogP contribution in [-0.2, 0) is 16.1 Å². The summed E-state index contributed by atoms with van der Waals surface area (Å²) in [5, 5.41) is 4.50. The van der Waals surface area contributed by atoms with Crippen LogP contribution < -0.4 is 10.6 Å². The standard InChI is InChI=1S/C18H21F3N2O2/c19-18(20,21)17(25)22-12-14-6-9-15(10-7-14)23-16(24)11-8-13-4-2-1-3-5-13/h6-11,13H,1-5,12H2,(H,22,25)(H,23,24)/b11-8+. The number of hydrogen-bond acceptors (Lipinski definition) is 2. The van der Waals surface area contributed by atoms with Crippen molar-refractivity contribution in [2.24, 2.45) is 5.92 Å². The molecule has 136 valence electrons. The summed E-state index contributed by atoms with van der Waals surface area (Å²) in [6.07, 6.45) is 4.46. The first-order valence-corrected chi connectivity index (χ1v) is 8.28. The number of allylic oxidation sites excluding steroid dienone is 1. The van der Waals surface area contributed by atoms with E-state index in [-0.39, 0.29) is 12.5 Å². The Kier molecular flexibility index (Phi) is 6.61. The first-order valence-electron chi connectivity index (χ1n) is 8.28. The summed E-state index contributed by atoms with van der Waals surface area (Å²) in [4.78, 5) is 22.6. The minimum Gasteiger partial charge on any atom is -0.344 e. The van der Waals surface area contributed by atoms with Gasteiger partial charge in [-0.25, -0.2) is 0 Å². The highest BCUT2D eigenvalue weighted by Gasteiger charge is 2.38. The van der Waals surface area contributed by atoms with Crippen molar-refractivity contribution in [2.45, 2.75) is 44.8 Å². The lowest BCUT2D eigenvalue weighted by Gasteiger charge is -2.17. The van der Waals surface area contributed by atoms with Crippen molar-refractivity contribution in [1.29, 1.82) is 0 Å². The number of benzene rings is 1. The third-order valence-electron chi connectivity index (χ3n) is 4.10. The van der Waals surface area contributed by atoms with Gasteiger partial charge in [-0.1, -0.05) is 37.5 Å². The van der Waals surface area contributed by atoms with Crippen LogP contribution in [0.4, 0.5) is 18.9 Å². The van der Waals surface area contributed by atoms with E-state index in [1.807, 2.05) is 6.08 Å². The Balaban J connectivity index is 1.80. The third-order valence-corrected chi connectivity index (χ3v) is 4.10. The Hall–Kier alpha value is -2.31. The fourth-order valence-corrected chi connectivity index (χ4v) is 2.72. The van der Waals surface area contributed by atoms with E-state index < -0.39 is 12.1 Å². The van der Waals surface area contributed by atoms with Crippen molar-refractivity contribution in [2.75, 3.05) is 5.32 Å². The first kappa shape index (κ1) is 19.0. The maximum Gasteiger partial charge on any atom is 0.471 e. The van der Waals surface area contributed by atoms with Crippen LogP contribution >= 0.6 is 0 Å². The fourth-order valence-electron chi connectivity index (χ4n) is 2.72.